The molecule has 6 aromatic carbocycles. The number of rotatable bonds is 7. The molecule has 0 bridgehead atoms. The summed E-state index contributed by atoms with van der Waals surface area (Å²) in [7, 11) is 0. The van der Waals surface area contributed by atoms with Gasteiger partial charge in [-0.05, 0) is 105 Å². The Bertz CT molecular complexity index is 2840. The highest BCUT2D eigenvalue weighted by molar-refractivity contribution is 7.25. The predicted molar refractivity (Wildman–Crippen MR) is 229 cm³/mol. The number of hydrogen-bond acceptors (Lipinski definition) is 5. The maximum atomic E-state index is 5.26. The van der Waals surface area contributed by atoms with Crippen molar-refractivity contribution in [1.29, 1.82) is 0 Å². The summed E-state index contributed by atoms with van der Waals surface area (Å²) in [6.45, 7) is 0. The molecule has 0 aliphatic heterocycles. The fraction of sp³-hybridized carbons (Fsp3) is 0. The predicted octanol–water partition coefficient (Wildman–Crippen LogP) is 13.3. The molecular formula is C50H32N4S. The van der Waals surface area contributed by atoms with Crippen LogP contribution in [0.3, 0.4) is 0 Å². The molecule has 0 radical (unpaired) electrons. The van der Waals surface area contributed by atoms with Crippen LogP contribution in [0.1, 0.15) is 0 Å². The van der Waals surface area contributed by atoms with Crippen LogP contribution in [0.25, 0.3) is 98.6 Å². The zero-order valence-electron chi connectivity index (χ0n) is 29.7. The molecule has 0 fully saturated rings. The summed E-state index contributed by atoms with van der Waals surface area (Å²) in [6, 6.07) is 60.1. The van der Waals surface area contributed by atoms with E-state index in [4.69, 9.17) is 9.97 Å². The van der Waals surface area contributed by atoms with Crippen LogP contribution >= 0.6 is 11.3 Å². The molecular weight excluding hydrogens is 689 g/mol. The molecule has 0 saturated carbocycles. The van der Waals surface area contributed by atoms with Gasteiger partial charge in [0.2, 0.25) is 0 Å². The van der Waals surface area contributed by atoms with Crippen molar-refractivity contribution in [2.45, 2.75) is 0 Å². The van der Waals surface area contributed by atoms with E-state index in [0.717, 1.165) is 72.6 Å². The van der Waals surface area contributed by atoms with Crippen LogP contribution in [-0.4, -0.2) is 19.9 Å². The Morgan fingerprint density at radius 1 is 0.309 bits per heavy atom. The first-order chi connectivity index (χ1) is 27.2. The second kappa shape index (κ2) is 14.0. The topological polar surface area (TPSA) is 51.6 Å². The maximum absolute atomic E-state index is 5.26. The maximum Gasteiger partial charge on any atom is 0.160 e. The van der Waals surface area contributed by atoms with E-state index in [1.165, 1.54) is 20.2 Å². The van der Waals surface area contributed by atoms with Gasteiger partial charge in [0.1, 0.15) is 0 Å². The summed E-state index contributed by atoms with van der Waals surface area (Å²) in [6.07, 6.45) is 7.37. The first kappa shape index (κ1) is 32.6. The standard InChI is InChI=1S/C50H32N4S/c1-2-7-38(8-3-1)50-53-46(39-20-21-49-45(30-39)44-10-4-5-11-48(44)55-49)31-47(54-50)43-28-41(35-16-12-33(13-17-35)37-22-25-51-26-23-37)27-42(29-43)36-18-14-34(15-19-36)40-9-6-24-52-32-40/h1-32H. The average molecular weight is 721 g/mol. The Balaban J connectivity index is 1.14. The third-order valence-corrected chi connectivity index (χ3v) is 11.3. The Kier molecular flexibility index (Phi) is 8.32. The number of thiophene rings is 1. The van der Waals surface area contributed by atoms with Crippen molar-refractivity contribution in [2.24, 2.45) is 0 Å². The van der Waals surface area contributed by atoms with Gasteiger partial charge in [-0.15, -0.1) is 11.3 Å². The van der Waals surface area contributed by atoms with E-state index in [-0.39, 0.29) is 0 Å². The number of hydrogen-bond donors (Lipinski definition) is 0. The molecule has 10 rings (SSSR count). The van der Waals surface area contributed by atoms with E-state index in [1.807, 2.05) is 66.3 Å². The second-order valence-corrected chi connectivity index (χ2v) is 14.7. The van der Waals surface area contributed by atoms with Gasteiger partial charge in [0.25, 0.3) is 0 Å². The van der Waals surface area contributed by atoms with E-state index in [1.54, 1.807) is 6.20 Å². The molecule has 4 aromatic heterocycles. The lowest BCUT2D eigenvalue weighted by molar-refractivity contribution is 1.18. The van der Waals surface area contributed by atoms with E-state index < -0.39 is 0 Å². The lowest BCUT2D eigenvalue weighted by Crippen LogP contribution is -1.96. The van der Waals surface area contributed by atoms with Gasteiger partial charge in [0.05, 0.1) is 11.4 Å². The summed E-state index contributed by atoms with van der Waals surface area (Å²) in [5.41, 5.74) is 13.8. The van der Waals surface area contributed by atoms with Gasteiger partial charge in [-0.1, -0.05) is 109 Å². The smallest absolute Gasteiger partial charge is 0.160 e. The van der Waals surface area contributed by atoms with Crippen molar-refractivity contribution in [2.75, 3.05) is 0 Å². The van der Waals surface area contributed by atoms with Crippen molar-refractivity contribution in [1.82, 2.24) is 19.9 Å². The van der Waals surface area contributed by atoms with Gasteiger partial charge in [0.15, 0.2) is 5.82 Å². The normalized spacial score (nSPS) is 11.3. The fourth-order valence-corrected chi connectivity index (χ4v) is 8.33. The molecule has 0 aliphatic carbocycles. The van der Waals surface area contributed by atoms with Crippen LogP contribution < -0.4 is 0 Å². The van der Waals surface area contributed by atoms with Gasteiger partial charge in [-0.3, -0.25) is 9.97 Å². The highest BCUT2D eigenvalue weighted by atomic mass is 32.1. The first-order valence-corrected chi connectivity index (χ1v) is 19.1. The molecule has 0 amide bonds. The van der Waals surface area contributed by atoms with Gasteiger partial charge < -0.3 is 0 Å². The molecule has 4 nitrogen and oxygen atoms in total. The minimum Gasteiger partial charge on any atom is -0.265 e. The quantitative estimate of drug-likeness (QED) is 0.164. The van der Waals surface area contributed by atoms with Crippen molar-refractivity contribution in [3.05, 3.63) is 195 Å². The van der Waals surface area contributed by atoms with Crippen molar-refractivity contribution in [3.8, 4) is 78.4 Å². The number of fused-ring (bicyclic) bond motifs is 3. The third kappa shape index (κ3) is 6.48. The fourth-order valence-electron chi connectivity index (χ4n) is 7.24. The largest absolute Gasteiger partial charge is 0.265 e. The average Bonchev–Trinajstić information content (AvgIpc) is 3.65. The molecule has 55 heavy (non-hydrogen) atoms. The number of nitrogens with zero attached hydrogens (tertiary/aromatic N) is 4. The lowest BCUT2D eigenvalue weighted by atomic mass is 9.93. The van der Waals surface area contributed by atoms with Crippen LogP contribution in [-0.2, 0) is 0 Å². The monoisotopic (exact) mass is 720 g/mol. The van der Waals surface area contributed by atoms with Gasteiger partial charge in [-0.2, -0.15) is 0 Å². The summed E-state index contributed by atoms with van der Waals surface area (Å²) in [4.78, 5) is 19.0. The summed E-state index contributed by atoms with van der Waals surface area (Å²) < 4.78 is 2.55. The zero-order valence-corrected chi connectivity index (χ0v) is 30.5. The van der Waals surface area contributed by atoms with Crippen LogP contribution in [0.4, 0.5) is 0 Å². The Morgan fingerprint density at radius 2 is 0.855 bits per heavy atom. The SMILES string of the molecule is c1ccc(-c2nc(-c3cc(-c4ccc(-c5ccncc5)cc4)cc(-c4ccc(-c5cccnc5)cc4)c3)cc(-c3ccc4sc5ccccc5c4c3)n2)cc1. The minimum absolute atomic E-state index is 0.692. The molecule has 0 spiro atoms. The van der Waals surface area contributed by atoms with Crippen LogP contribution in [0, 0.1) is 0 Å². The van der Waals surface area contributed by atoms with E-state index in [9.17, 15) is 0 Å². The Labute approximate surface area is 323 Å². The van der Waals surface area contributed by atoms with Gasteiger partial charge >= 0.3 is 0 Å². The van der Waals surface area contributed by atoms with E-state index >= 15 is 0 Å². The van der Waals surface area contributed by atoms with Crippen molar-refractivity contribution in [3.63, 3.8) is 0 Å². The molecule has 5 heteroatoms. The number of benzene rings is 6. The molecule has 0 N–H and O–H groups in total. The van der Waals surface area contributed by atoms with E-state index in [2.05, 4.69) is 143 Å². The third-order valence-electron chi connectivity index (χ3n) is 10.1. The number of aromatic nitrogens is 4. The molecule has 258 valence electrons. The minimum atomic E-state index is 0.692. The van der Waals surface area contributed by atoms with Gasteiger partial charge in [0, 0.05) is 61.7 Å². The molecule has 0 unspecified atom stereocenters. The van der Waals surface area contributed by atoms with Crippen molar-refractivity contribution < 1.29 is 0 Å². The lowest BCUT2D eigenvalue weighted by Gasteiger charge is -2.14. The molecule has 0 atom stereocenters. The molecule has 0 aliphatic rings. The molecule has 10 aromatic rings. The highest BCUT2D eigenvalue weighted by Gasteiger charge is 2.15. The van der Waals surface area contributed by atoms with Crippen LogP contribution in [0.5, 0.6) is 0 Å². The zero-order chi connectivity index (χ0) is 36.6. The Morgan fingerprint density at radius 3 is 1.55 bits per heavy atom. The Hall–Kier alpha value is -7.08. The van der Waals surface area contributed by atoms with Gasteiger partial charge in [-0.25, -0.2) is 9.97 Å². The van der Waals surface area contributed by atoms with Crippen LogP contribution in [0.2, 0.25) is 0 Å². The second-order valence-electron chi connectivity index (χ2n) is 13.6. The van der Waals surface area contributed by atoms with E-state index in [0.29, 0.717) is 5.82 Å². The van der Waals surface area contributed by atoms with Crippen molar-refractivity contribution >= 4 is 31.5 Å². The summed E-state index contributed by atoms with van der Waals surface area (Å²) >= 11 is 1.82. The van der Waals surface area contributed by atoms with Crippen LogP contribution in [0.15, 0.2) is 195 Å². The summed E-state index contributed by atoms with van der Waals surface area (Å²) in [5.74, 6) is 0.692. The molecule has 4 heterocycles. The summed E-state index contributed by atoms with van der Waals surface area (Å²) in [5, 5.41) is 2.51. The molecule has 0 saturated heterocycles. The number of pyridine rings is 2. The first-order valence-electron chi connectivity index (χ1n) is 18.3. The highest BCUT2D eigenvalue weighted by Crippen LogP contribution is 2.39.